The van der Waals surface area contributed by atoms with Crippen LogP contribution in [0.15, 0.2) is 11.1 Å². The minimum absolute atomic E-state index is 0.0370. The molecule has 3 rings (SSSR count). The number of aliphatic hydroxyl groups excluding tert-OH is 3. The number of rotatable bonds is 2. The molecule has 0 aliphatic carbocycles. The zero-order valence-electron chi connectivity index (χ0n) is 11.0. The number of nitrogens with one attached hydrogen (secondary N) is 1. The maximum Gasteiger partial charge on any atom is 0.280 e. The normalized spacial score (nSPS) is 30.9. The van der Waals surface area contributed by atoms with Crippen molar-refractivity contribution in [3.8, 4) is 0 Å². The van der Waals surface area contributed by atoms with Gasteiger partial charge in [0.2, 0.25) is 5.95 Å². The van der Waals surface area contributed by atoms with E-state index in [0.29, 0.717) is 0 Å². The van der Waals surface area contributed by atoms with Gasteiger partial charge < -0.3 is 25.8 Å². The van der Waals surface area contributed by atoms with Crippen molar-refractivity contribution in [2.45, 2.75) is 37.6 Å². The number of imidazole rings is 1. The molecule has 0 bridgehead atoms. The number of H-pyrrole nitrogens is 1. The van der Waals surface area contributed by atoms with Crippen molar-refractivity contribution in [3.05, 3.63) is 16.7 Å². The number of anilines is 1. The first-order chi connectivity index (χ1) is 9.90. The smallest absolute Gasteiger partial charge is 0.280 e. The number of aromatic amines is 1. The van der Waals surface area contributed by atoms with Crippen LogP contribution in [0.2, 0.25) is 0 Å². The molecule has 10 heteroatoms. The molecule has 10 nitrogen and oxygen atoms in total. The Morgan fingerprint density at radius 1 is 1.48 bits per heavy atom. The molecule has 1 fully saturated rings. The minimum Gasteiger partial charge on any atom is -0.391 e. The van der Waals surface area contributed by atoms with Crippen LogP contribution in [0.5, 0.6) is 0 Å². The van der Waals surface area contributed by atoms with Gasteiger partial charge in [0, 0.05) is 0 Å². The van der Waals surface area contributed by atoms with Gasteiger partial charge in [-0.3, -0.25) is 14.3 Å². The lowest BCUT2D eigenvalue weighted by Gasteiger charge is -2.17. The molecule has 114 valence electrons. The summed E-state index contributed by atoms with van der Waals surface area (Å²) in [5.74, 6) is -0.102. The Labute approximate surface area is 117 Å². The van der Waals surface area contributed by atoms with Crippen molar-refractivity contribution >= 4 is 17.1 Å². The van der Waals surface area contributed by atoms with Crippen LogP contribution < -0.4 is 11.3 Å². The molecule has 0 amide bonds. The number of hydrogen-bond acceptors (Lipinski definition) is 8. The molecule has 0 radical (unpaired) electrons. The molecule has 2 aromatic rings. The molecule has 5 atom stereocenters. The summed E-state index contributed by atoms with van der Waals surface area (Å²) in [7, 11) is 0. The highest BCUT2D eigenvalue weighted by molar-refractivity contribution is 5.70. The van der Waals surface area contributed by atoms with Crippen molar-refractivity contribution in [2.75, 3.05) is 5.73 Å². The van der Waals surface area contributed by atoms with Crippen molar-refractivity contribution in [1.82, 2.24) is 19.5 Å². The molecule has 6 N–H and O–H groups in total. The van der Waals surface area contributed by atoms with E-state index < -0.39 is 36.2 Å². The molecular formula is C11H15N5O5. The third-order valence-corrected chi connectivity index (χ3v) is 3.48. The first kappa shape index (κ1) is 13.9. The molecule has 1 aliphatic rings. The largest absolute Gasteiger partial charge is 0.391 e. The third kappa shape index (κ3) is 2.08. The lowest BCUT2D eigenvalue weighted by molar-refractivity contribution is -0.0777. The van der Waals surface area contributed by atoms with E-state index >= 15 is 0 Å². The summed E-state index contributed by atoms with van der Waals surface area (Å²) in [6.45, 7) is 1.44. The topological polar surface area (TPSA) is 160 Å². The van der Waals surface area contributed by atoms with Crippen LogP contribution in [0.1, 0.15) is 13.2 Å². The van der Waals surface area contributed by atoms with Gasteiger partial charge in [-0.1, -0.05) is 0 Å². The lowest BCUT2D eigenvalue weighted by atomic mass is 10.1. The van der Waals surface area contributed by atoms with Gasteiger partial charge >= 0.3 is 0 Å². The first-order valence-corrected chi connectivity index (χ1v) is 6.32. The highest BCUT2D eigenvalue weighted by Crippen LogP contribution is 2.32. The van der Waals surface area contributed by atoms with Crippen molar-refractivity contribution in [1.29, 1.82) is 0 Å². The Balaban J connectivity index is 2.07. The summed E-state index contributed by atoms with van der Waals surface area (Å²) in [5.41, 5.74) is 5.13. The molecule has 1 saturated heterocycles. The minimum atomic E-state index is -1.30. The highest BCUT2D eigenvalue weighted by atomic mass is 16.6. The second-order valence-corrected chi connectivity index (χ2v) is 4.99. The number of aromatic nitrogens is 4. The first-order valence-electron chi connectivity index (χ1n) is 6.32. The number of ether oxygens (including phenoxy) is 1. The second-order valence-electron chi connectivity index (χ2n) is 4.99. The summed E-state index contributed by atoms with van der Waals surface area (Å²) >= 11 is 0. The molecule has 0 spiro atoms. The zero-order chi connectivity index (χ0) is 15.3. The van der Waals surface area contributed by atoms with Gasteiger partial charge in [-0.2, -0.15) is 4.98 Å². The van der Waals surface area contributed by atoms with Crippen LogP contribution in [-0.2, 0) is 4.74 Å². The van der Waals surface area contributed by atoms with Gasteiger partial charge in [-0.05, 0) is 6.92 Å². The number of nitrogens with zero attached hydrogens (tertiary/aromatic N) is 3. The predicted octanol–water partition coefficient (Wildman–Crippen LogP) is -2.30. The summed E-state index contributed by atoms with van der Waals surface area (Å²) in [6.07, 6.45) is -4.27. The molecule has 3 heterocycles. The van der Waals surface area contributed by atoms with Crippen LogP contribution in [0.4, 0.5) is 5.95 Å². The Hall–Kier alpha value is -2.01. The Morgan fingerprint density at radius 3 is 2.81 bits per heavy atom. The lowest BCUT2D eigenvalue weighted by Crippen LogP contribution is -2.37. The van der Waals surface area contributed by atoms with E-state index in [2.05, 4.69) is 15.0 Å². The van der Waals surface area contributed by atoms with Crippen molar-refractivity contribution in [2.24, 2.45) is 0 Å². The molecule has 1 unspecified atom stereocenters. The average molecular weight is 297 g/mol. The number of fused-ring (bicyclic) bond motifs is 1. The van der Waals surface area contributed by atoms with Gasteiger partial charge in [0.15, 0.2) is 17.4 Å². The third-order valence-electron chi connectivity index (χ3n) is 3.48. The SMILES string of the molecule is C[C@@H](O)C1O[C@@H](n2cnc3c(=O)[nH]c(N)nc32)[C@H](O)[C@@H]1O. The van der Waals surface area contributed by atoms with Crippen LogP contribution in [-0.4, -0.2) is 59.3 Å². The number of hydrogen-bond donors (Lipinski definition) is 5. The zero-order valence-corrected chi connectivity index (χ0v) is 11.0. The monoisotopic (exact) mass is 297 g/mol. The van der Waals surface area contributed by atoms with E-state index in [1.165, 1.54) is 17.8 Å². The second kappa shape index (κ2) is 4.77. The summed E-state index contributed by atoms with van der Waals surface area (Å²) in [6, 6.07) is 0. The standard InChI is InChI=1S/C11H15N5O5/c1-3(17)7-5(18)6(19)10(21-7)16-2-13-4-8(16)14-11(12)15-9(4)20/h2-3,5-7,10,17-19H,1H3,(H3,12,14,15,20)/t3-,5+,6-,7?,10-/m1/s1. The number of nitrogens with two attached hydrogens (primary N) is 1. The van der Waals surface area contributed by atoms with Gasteiger partial charge in [-0.15, -0.1) is 0 Å². The quantitative estimate of drug-likeness (QED) is 0.414. The number of nitrogen functional groups attached to an aromatic ring is 1. The summed E-state index contributed by atoms with van der Waals surface area (Å²) in [4.78, 5) is 21.9. The fourth-order valence-electron chi connectivity index (χ4n) is 2.44. The molecule has 0 saturated carbocycles. The maximum absolute atomic E-state index is 11.7. The van der Waals surface area contributed by atoms with Gasteiger partial charge in [-0.25, -0.2) is 4.98 Å². The van der Waals surface area contributed by atoms with Gasteiger partial charge in [0.25, 0.3) is 5.56 Å². The van der Waals surface area contributed by atoms with Gasteiger partial charge in [0.1, 0.15) is 18.3 Å². The molecule has 2 aromatic heterocycles. The summed E-state index contributed by atoms with van der Waals surface area (Å²) in [5, 5.41) is 29.5. The van der Waals surface area contributed by atoms with Crippen molar-refractivity contribution in [3.63, 3.8) is 0 Å². The Bertz CT molecular complexity index is 725. The maximum atomic E-state index is 11.7. The van der Waals surface area contributed by atoms with E-state index in [4.69, 9.17) is 10.5 Å². The van der Waals surface area contributed by atoms with Crippen molar-refractivity contribution < 1.29 is 20.1 Å². The van der Waals surface area contributed by atoms with Crippen LogP contribution in [0.25, 0.3) is 11.2 Å². The molecular weight excluding hydrogens is 282 g/mol. The van der Waals surface area contributed by atoms with Crippen LogP contribution >= 0.6 is 0 Å². The summed E-state index contributed by atoms with van der Waals surface area (Å²) < 4.78 is 6.76. The predicted molar refractivity (Wildman–Crippen MR) is 70.2 cm³/mol. The van der Waals surface area contributed by atoms with E-state index in [0.717, 1.165) is 0 Å². The molecule has 21 heavy (non-hydrogen) atoms. The molecule has 0 aromatic carbocycles. The Morgan fingerprint density at radius 2 is 2.19 bits per heavy atom. The average Bonchev–Trinajstić information content (AvgIpc) is 2.93. The van der Waals surface area contributed by atoms with E-state index in [1.807, 2.05) is 0 Å². The van der Waals surface area contributed by atoms with E-state index in [-0.39, 0.29) is 17.1 Å². The molecule has 1 aliphatic heterocycles. The van der Waals surface area contributed by atoms with Crippen LogP contribution in [0.3, 0.4) is 0 Å². The van der Waals surface area contributed by atoms with Crippen LogP contribution in [0, 0.1) is 0 Å². The van der Waals surface area contributed by atoms with E-state index in [1.54, 1.807) is 0 Å². The number of aliphatic hydroxyl groups is 3. The van der Waals surface area contributed by atoms with E-state index in [9.17, 15) is 20.1 Å². The fraction of sp³-hybridized carbons (Fsp3) is 0.545. The Kier molecular flexibility index (Phi) is 3.17. The highest BCUT2D eigenvalue weighted by Gasteiger charge is 2.46. The van der Waals surface area contributed by atoms with Gasteiger partial charge in [0.05, 0.1) is 12.4 Å². The fourth-order valence-corrected chi connectivity index (χ4v) is 2.44.